The second kappa shape index (κ2) is 5.35. The van der Waals surface area contributed by atoms with Crippen LogP contribution in [0.3, 0.4) is 0 Å². The zero-order chi connectivity index (χ0) is 13.1. The van der Waals surface area contributed by atoms with E-state index in [9.17, 15) is 0 Å². The smallest absolute Gasteiger partial charge is 0.208 e. The normalized spacial score (nSPS) is 12.9. The molecule has 1 atom stereocenters. The molecule has 0 saturated heterocycles. The number of aryl methyl sites for hydroxylation is 3. The SMILES string of the molecule is CC[C@@H](NCc1ncc(C)o1)c1c(C)noc1C. The number of nitrogens with one attached hydrogen (secondary N) is 1. The average molecular weight is 249 g/mol. The van der Waals surface area contributed by atoms with Gasteiger partial charge in [0.15, 0.2) is 0 Å². The summed E-state index contributed by atoms with van der Waals surface area (Å²) < 4.78 is 10.6. The van der Waals surface area contributed by atoms with E-state index in [1.807, 2.05) is 20.8 Å². The third kappa shape index (κ3) is 2.61. The van der Waals surface area contributed by atoms with Crippen molar-refractivity contribution in [2.45, 2.75) is 46.7 Å². The minimum absolute atomic E-state index is 0.212. The molecule has 1 N–H and O–H groups in total. The number of aromatic nitrogens is 2. The van der Waals surface area contributed by atoms with E-state index in [1.165, 1.54) is 0 Å². The molecule has 0 fully saturated rings. The summed E-state index contributed by atoms with van der Waals surface area (Å²) in [5.41, 5.74) is 2.08. The van der Waals surface area contributed by atoms with Crippen molar-refractivity contribution < 1.29 is 8.94 Å². The summed E-state index contributed by atoms with van der Waals surface area (Å²) in [7, 11) is 0. The van der Waals surface area contributed by atoms with Gasteiger partial charge < -0.3 is 14.3 Å². The molecule has 0 amide bonds. The molecule has 2 heterocycles. The fourth-order valence-electron chi connectivity index (χ4n) is 2.13. The fourth-order valence-corrected chi connectivity index (χ4v) is 2.13. The molecule has 5 nitrogen and oxygen atoms in total. The molecule has 0 unspecified atom stereocenters. The van der Waals surface area contributed by atoms with Gasteiger partial charge in [0.2, 0.25) is 5.89 Å². The molecule has 0 bridgehead atoms. The molecular weight excluding hydrogens is 230 g/mol. The van der Waals surface area contributed by atoms with E-state index in [1.54, 1.807) is 6.20 Å². The number of nitrogens with zero attached hydrogens (tertiary/aromatic N) is 2. The van der Waals surface area contributed by atoms with Crippen LogP contribution in [-0.4, -0.2) is 10.1 Å². The average Bonchev–Trinajstić information content (AvgIpc) is 2.89. The molecule has 0 aromatic carbocycles. The van der Waals surface area contributed by atoms with Gasteiger partial charge in [-0.25, -0.2) is 4.98 Å². The van der Waals surface area contributed by atoms with Crippen molar-refractivity contribution in [3.05, 3.63) is 34.9 Å². The molecule has 0 aliphatic rings. The topological polar surface area (TPSA) is 64.1 Å². The molecule has 0 saturated carbocycles. The van der Waals surface area contributed by atoms with Gasteiger partial charge in [0, 0.05) is 11.6 Å². The molecule has 0 aliphatic carbocycles. The molecule has 98 valence electrons. The van der Waals surface area contributed by atoms with Crippen LogP contribution in [0, 0.1) is 20.8 Å². The van der Waals surface area contributed by atoms with Gasteiger partial charge in [-0.2, -0.15) is 0 Å². The second-order valence-corrected chi connectivity index (χ2v) is 4.44. The first-order chi connectivity index (χ1) is 8.61. The van der Waals surface area contributed by atoms with Gasteiger partial charge in [-0.1, -0.05) is 12.1 Å². The molecule has 2 aromatic rings. The van der Waals surface area contributed by atoms with Crippen molar-refractivity contribution in [1.29, 1.82) is 0 Å². The summed E-state index contributed by atoms with van der Waals surface area (Å²) in [5, 5.41) is 7.42. The van der Waals surface area contributed by atoms with E-state index in [2.05, 4.69) is 22.4 Å². The number of hydrogen-bond donors (Lipinski definition) is 1. The second-order valence-electron chi connectivity index (χ2n) is 4.44. The van der Waals surface area contributed by atoms with Crippen LogP contribution in [-0.2, 0) is 6.54 Å². The Kier molecular flexibility index (Phi) is 3.81. The molecule has 5 heteroatoms. The molecule has 2 aromatic heterocycles. The third-order valence-electron chi connectivity index (χ3n) is 3.01. The fraction of sp³-hybridized carbons (Fsp3) is 0.538. The minimum Gasteiger partial charge on any atom is -0.445 e. The quantitative estimate of drug-likeness (QED) is 0.882. The summed E-state index contributed by atoms with van der Waals surface area (Å²) in [5.74, 6) is 2.41. The van der Waals surface area contributed by atoms with Crippen molar-refractivity contribution in [1.82, 2.24) is 15.5 Å². The molecule has 2 rings (SSSR count). The van der Waals surface area contributed by atoms with Gasteiger partial charge in [0.25, 0.3) is 0 Å². The lowest BCUT2D eigenvalue weighted by Gasteiger charge is -2.15. The van der Waals surface area contributed by atoms with Crippen molar-refractivity contribution in [3.8, 4) is 0 Å². The molecule has 0 aliphatic heterocycles. The van der Waals surface area contributed by atoms with Crippen LogP contribution in [0.25, 0.3) is 0 Å². The van der Waals surface area contributed by atoms with Crippen molar-refractivity contribution in [2.24, 2.45) is 0 Å². The lowest BCUT2D eigenvalue weighted by atomic mass is 10.0. The maximum Gasteiger partial charge on any atom is 0.208 e. The van der Waals surface area contributed by atoms with E-state index in [4.69, 9.17) is 8.94 Å². The zero-order valence-corrected chi connectivity index (χ0v) is 11.3. The Morgan fingerprint density at radius 2 is 2.11 bits per heavy atom. The van der Waals surface area contributed by atoms with Crippen LogP contribution >= 0.6 is 0 Å². The lowest BCUT2D eigenvalue weighted by Crippen LogP contribution is -2.21. The Morgan fingerprint density at radius 1 is 1.33 bits per heavy atom. The van der Waals surface area contributed by atoms with Crippen LogP contribution in [0.1, 0.15) is 48.1 Å². The largest absolute Gasteiger partial charge is 0.445 e. The lowest BCUT2D eigenvalue weighted by molar-refractivity contribution is 0.386. The van der Waals surface area contributed by atoms with Gasteiger partial charge in [-0.3, -0.25) is 0 Å². The predicted octanol–water partition coefficient (Wildman–Crippen LogP) is 2.83. The van der Waals surface area contributed by atoms with Crippen molar-refractivity contribution >= 4 is 0 Å². The predicted molar refractivity (Wildman–Crippen MR) is 67.1 cm³/mol. The number of oxazole rings is 1. The van der Waals surface area contributed by atoms with Crippen LogP contribution < -0.4 is 5.32 Å². The van der Waals surface area contributed by atoms with E-state index in [0.29, 0.717) is 12.4 Å². The highest BCUT2D eigenvalue weighted by Crippen LogP contribution is 2.24. The third-order valence-corrected chi connectivity index (χ3v) is 3.01. The maximum atomic E-state index is 5.44. The molecule has 0 radical (unpaired) electrons. The monoisotopic (exact) mass is 249 g/mol. The summed E-state index contributed by atoms with van der Waals surface area (Å²) in [6, 6.07) is 0.212. The van der Waals surface area contributed by atoms with Crippen LogP contribution in [0.2, 0.25) is 0 Å². The standard InChI is InChI=1S/C13H19N3O2/c1-5-11(13-9(3)16-18-10(13)4)14-7-12-15-6-8(2)17-12/h6,11,14H,5,7H2,1-4H3/t11-/m1/s1. The van der Waals surface area contributed by atoms with Gasteiger partial charge in [0.05, 0.1) is 18.4 Å². The Labute approximate surface area is 107 Å². The minimum atomic E-state index is 0.212. The van der Waals surface area contributed by atoms with Gasteiger partial charge in [-0.05, 0) is 27.2 Å². The Bertz CT molecular complexity index is 497. The summed E-state index contributed by atoms with van der Waals surface area (Å²) in [6.07, 6.45) is 2.69. The Balaban J connectivity index is 2.06. The van der Waals surface area contributed by atoms with E-state index < -0.39 is 0 Å². The Hall–Kier alpha value is -1.62. The summed E-state index contributed by atoms with van der Waals surface area (Å²) in [6.45, 7) is 8.53. The van der Waals surface area contributed by atoms with Crippen LogP contribution in [0.5, 0.6) is 0 Å². The number of rotatable bonds is 5. The van der Waals surface area contributed by atoms with Gasteiger partial charge >= 0.3 is 0 Å². The van der Waals surface area contributed by atoms with E-state index >= 15 is 0 Å². The van der Waals surface area contributed by atoms with Gasteiger partial charge in [-0.15, -0.1) is 0 Å². The van der Waals surface area contributed by atoms with Crippen molar-refractivity contribution in [2.75, 3.05) is 0 Å². The highest BCUT2D eigenvalue weighted by atomic mass is 16.5. The molecule has 0 spiro atoms. The van der Waals surface area contributed by atoms with E-state index in [-0.39, 0.29) is 6.04 Å². The summed E-state index contributed by atoms with van der Waals surface area (Å²) >= 11 is 0. The van der Waals surface area contributed by atoms with Crippen LogP contribution in [0.15, 0.2) is 15.1 Å². The highest BCUT2D eigenvalue weighted by Gasteiger charge is 2.19. The van der Waals surface area contributed by atoms with E-state index in [0.717, 1.165) is 29.2 Å². The molecular formula is C13H19N3O2. The van der Waals surface area contributed by atoms with Crippen LogP contribution in [0.4, 0.5) is 0 Å². The first-order valence-electron chi connectivity index (χ1n) is 6.19. The van der Waals surface area contributed by atoms with Crippen molar-refractivity contribution in [3.63, 3.8) is 0 Å². The molecule has 18 heavy (non-hydrogen) atoms. The first kappa shape index (κ1) is 12.8. The number of hydrogen-bond acceptors (Lipinski definition) is 5. The van der Waals surface area contributed by atoms with Gasteiger partial charge in [0.1, 0.15) is 11.5 Å². The first-order valence-corrected chi connectivity index (χ1v) is 6.19. The zero-order valence-electron chi connectivity index (χ0n) is 11.3. The Morgan fingerprint density at radius 3 is 2.61 bits per heavy atom. The maximum absolute atomic E-state index is 5.44. The highest BCUT2D eigenvalue weighted by molar-refractivity contribution is 5.24. The summed E-state index contributed by atoms with van der Waals surface area (Å²) in [4.78, 5) is 4.18.